The van der Waals surface area contributed by atoms with Crippen molar-refractivity contribution in [2.45, 2.75) is 18.9 Å². The zero-order valence-electron chi connectivity index (χ0n) is 16.0. The summed E-state index contributed by atoms with van der Waals surface area (Å²) in [5.74, 6) is -2.39. The van der Waals surface area contributed by atoms with Gasteiger partial charge in [0.25, 0.3) is 5.91 Å². The number of amides is 2. The Morgan fingerprint density at radius 1 is 1.16 bits per heavy atom. The first kappa shape index (κ1) is 23.7. The number of carbonyl (C=O) groups excluding carboxylic acids is 1. The monoisotopic (exact) mass is 461 g/mol. The molecule has 2 aromatic rings. The summed E-state index contributed by atoms with van der Waals surface area (Å²) >= 11 is 12.6. The molecule has 1 N–H and O–H groups in total. The van der Waals surface area contributed by atoms with Crippen LogP contribution in [0.25, 0.3) is 0 Å². The van der Waals surface area contributed by atoms with Crippen LogP contribution < -0.4 is 0 Å². The summed E-state index contributed by atoms with van der Waals surface area (Å²) in [6, 6.07) is 9.91. The van der Waals surface area contributed by atoms with Crippen molar-refractivity contribution in [3.63, 3.8) is 0 Å². The van der Waals surface area contributed by atoms with Gasteiger partial charge in [0, 0.05) is 22.2 Å². The van der Waals surface area contributed by atoms with E-state index in [1.165, 1.54) is 43.3 Å². The number of carboxylic acid groups (broad SMARTS) is 1. The number of azo groups is 1. The maximum atomic E-state index is 13.2. The fraction of sp³-hybridized carbons (Fsp3) is 0.200. The van der Waals surface area contributed by atoms with E-state index in [0.29, 0.717) is 10.5 Å². The van der Waals surface area contributed by atoms with Crippen LogP contribution in [-0.4, -0.2) is 34.6 Å². The van der Waals surface area contributed by atoms with Crippen LogP contribution in [0.15, 0.2) is 46.6 Å². The van der Waals surface area contributed by atoms with Crippen LogP contribution in [0.1, 0.15) is 24.0 Å². The molecule has 0 heterocycles. The molecule has 2 atom stereocenters. The Hall–Kier alpha value is -3.53. The van der Waals surface area contributed by atoms with Crippen molar-refractivity contribution in [3.8, 4) is 12.1 Å². The topological polar surface area (TPSA) is 130 Å². The third-order valence-corrected chi connectivity index (χ3v) is 4.77. The summed E-state index contributed by atoms with van der Waals surface area (Å²) in [6.07, 6.45) is -1.51. The van der Waals surface area contributed by atoms with Gasteiger partial charge in [0.1, 0.15) is 11.9 Å². The van der Waals surface area contributed by atoms with Gasteiger partial charge in [0.15, 0.2) is 0 Å². The van der Waals surface area contributed by atoms with Crippen molar-refractivity contribution in [2.75, 3.05) is 6.54 Å². The summed E-state index contributed by atoms with van der Waals surface area (Å²) in [7, 11) is 0. The smallest absolute Gasteiger partial charge is 0.414 e. The zero-order valence-corrected chi connectivity index (χ0v) is 17.5. The second-order valence-corrected chi connectivity index (χ2v) is 6.86. The minimum Gasteiger partial charge on any atom is -0.465 e. The molecular weight excluding hydrogens is 448 g/mol. The summed E-state index contributed by atoms with van der Waals surface area (Å²) in [5.41, 5.74) is 0.832. The lowest BCUT2D eigenvalue weighted by atomic mass is 9.92. The average Bonchev–Trinajstić information content (AvgIpc) is 2.72. The Kier molecular flexibility index (Phi) is 8.03. The minimum absolute atomic E-state index is 0.0675. The van der Waals surface area contributed by atoms with Gasteiger partial charge in [-0.3, -0.25) is 4.79 Å². The maximum absolute atomic E-state index is 13.2. The molecule has 2 rings (SSSR count). The number of hydrogen-bond acceptors (Lipinski definition) is 6. The summed E-state index contributed by atoms with van der Waals surface area (Å²) in [6.45, 7) is 1.27. The molecule has 0 aliphatic heterocycles. The Bertz CT molecular complexity index is 1090. The third kappa shape index (κ3) is 5.54. The molecule has 2 aromatic carbocycles. The predicted molar refractivity (Wildman–Crippen MR) is 110 cm³/mol. The summed E-state index contributed by atoms with van der Waals surface area (Å²) < 4.78 is 13.2. The first-order chi connectivity index (χ1) is 14.7. The molecule has 0 aromatic heterocycles. The average molecular weight is 462 g/mol. The largest absolute Gasteiger partial charge is 0.465 e. The van der Waals surface area contributed by atoms with Gasteiger partial charge >= 0.3 is 6.09 Å². The normalized spacial score (nSPS) is 12.6. The molecule has 31 heavy (non-hydrogen) atoms. The first-order valence-corrected chi connectivity index (χ1v) is 9.47. The molecule has 0 radical (unpaired) electrons. The second kappa shape index (κ2) is 10.5. The van der Waals surface area contributed by atoms with E-state index >= 15 is 0 Å². The van der Waals surface area contributed by atoms with Gasteiger partial charge in [0.2, 0.25) is 6.04 Å². The summed E-state index contributed by atoms with van der Waals surface area (Å²) in [4.78, 5) is 23.6. The lowest BCUT2D eigenvalue weighted by molar-refractivity contribution is -0.129. The molecule has 0 aliphatic rings. The molecule has 2 amide bonds. The number of rotatable bonds is 6. The molecule has 158 valence electrons. The molecule has 11 heteroatoms. The minimum atomic E-state index is -1.68. The van der Waals surface area contributed by atoms with E-state index in [4.69, 9.17) is 33.6 Å². The van der Waals surface area contributed by atoms with Crippen LogP contribution in [-0.2, 0) is 4.79 Å². The fourth-order valence-electron chi connectivity index (χ4n) is 2.65. The Morgan fingerprint density at radius 3 is 2.19 bits per heavy atom. The SMILES string of the molecule is CCN(C(=O)O)C(=O)C(C#N)N=Nc1cc(Cl)c(C(C#N)c2ccc(F)cc2)c(Cl)c1. The van der Waals surface area contributed by atoms with Gasteiger partial charge in [-0.2, -0.15) is 20.8 Å². The number of halogens is 3. The highest BCUT2D eigenvalue weighted by Crippen LogP contribution is 2.38. The molecule has 0 fully saturated rings. The van der Waals surface area contributed by atoms with Gasteiger partial charge in [-0.25, -0.2) is 14.1 Å². The zero-order chi connectivity index (χ0) is 23.1. The maximum Gasteiger partial charge on any atom is 0.414 e. The van der Waals surface area contributed by atoms with Crippen molar-refractivity contribution in [1.82, 2.24) is 4.90 Å². The number of hydrogen-bond donors (Lipinski definition) is 1. The van der Waals surface area contributed by atoms with E-state index in [0.717, 1.165) is 0 Å². The predicted octanol–water partition coefficient (Wildman–Crippen LogP) is 5.29. The molecule has 2 unspecified atom stereocenters. The lowest BCUT2D eigenvalue weighted by Gasteiger charge is -2.15. The van der Waals surface area contributed by atoms with Crippen molar-refractivity contribution in [2.24, 2.45) is 10.2 Å². The number of carbonyl (C=O) groups is 2. The van der Waals surface area contributed by atoms with Crippen molar-refractivity contribution in [1.29, 1.82) is 10.5 Å². The highest BCUT2D eigenvalue weighted by Gasteiger charge is 2.28. The molecule has 0 aliphatic carbocycles. The van der Waals surface area contributed by atoms with E-state index in [1.54, 1.807) is 6.07 Å². The Balaban J connectivity index is 2.36. The lowest BCUT2D eigenvalue weighted by Crippen LogP contribution is -2.41. The van der Waals surface area contributed by atoms with Crippen LogP contribution in [0.4, 0.5) is 14.9 Å². The quantitative estimate of drug-likeness (QED) is 0.583. The highest BCUT2D eigenvalue weighted by molar-refractivity contribution is 6.36. The molecular formula is C20H14Cl2FN5O3. The summed E-state index contributed by atoms with van der Waals surface area (Å²) in [5, 5.41) is 35.2. The van der Waals surface area contributed by atoms with E-state index in [-0.39, 0.29) is 27.8 Å². The van der Waals surface area contributed by atoms with Gasteiger partial charge in [-0.05, 0) is 36.8 Å². The van der Waals surface area contributed by atoms with E-state index in [1.807, 2.05) is 0 Å². The molecule has 0 saturated carbocycles. The Labute approximate surface area is 186 Å². The van der Waals surface area contributed by atoms with Crippen LogP contribution in [0.3, 0.4) is 0 Å². The Morgan fingerprint density at radius 2 is 1.74 bits per heavy atom. The molecule has 0 spiro atoms. The number of nitrogens with zero attached hydrogens (tertiary/aromatic N) is 5. The highest BCUT2D eigenvalue weighted by atomic mass is 35.5. The van der Waals surface area contributed by atoms with Crippen molar-refractivity contribution < 1.29 is 19.1 Å². The van der Waals surface area contributed by atoms with Gasteiger partial charge in [0.05, 0.1) is 17.7 Å². The van der Waals surface area contributed by atoms with Crippen LogP contribution in [0.5, 0.6) is 0 Å². The number of likely N-dealkylation sites (N-methyl/N-ethyl adjacent to an activating group) is 1. The van der Waals surface area contributed by atoms with Crippen LogP contribution in [0, 0.1) is 28.5 Å². The van der Waals surface area contributed by atoms with Gasteiger partial charge in [-0.1, -0.05) is 35.3 Å². The second-order valence-electron chi connectivity index (χ2n) is 6.05. The number of imide groups is 1. The van der Waals surface area contributed by atoms with Crippen molar-refractivity contribution in [3.05, 3.63) is 63.4 Å². The molecule has 8 nitrogen and oxygen atoms in total. The molecule has 0 saturated heterocycles. The van der Waals surface area contributed by atoms with E-state index in [2.05, 4.69) is 16.3 Å². The molecule has 0 bridgehead atoms. The first-order valence-electron chi connectivity index (χ1n) is 8.72. The van der Waals surface area contributed by atoms with Crippen molar-refractivity contribution >= 4 is 40.9 Å². The van der Waals surface area contributed by atoms with Crippen LogP contribution >= 0.6 is 23.2 Å². The van der Waals surface area contributed by atoms with Gasteiger partial charge in [-0.15, -0.1) is 0 Å². The number of nitriles is 2. The van der Waals surface area contributed by atoms with Crippen LogP contribution in [0.2, 0.25) is 10.0 Å². The van der Waals surface area contributed by atoms with E-state index < -0.39 is 29.8 Å². The third-order valence-electron chi connectivity index (χ3n) is 4.14. The fourth-order valence-corrected chi connectivity index (χ4v) is 3.35. The standard InChI is InChI=1S/C20H14Cl2FN5O3/c1-2-28(20(30)31)19(29)17(10-25)27-26-13-7-15(21)18(16(22)8-13)14(9-24)11-3-5-12(23)6-4-11/h3-8,14,17H,2H2,1H3,(H,30,31). The van der Waals surface area contributed by atoms with Gasteiger partial charge < -0.3 is 5.11 Å². The van der Waals surface area contributed by atoms with E-state index in [9.17, 15) is 19.2 Å². The number of benzene rings is 2.